The number of aromatic amines is 1. The molecule has 1 N–H and O–H groups in total. The molecule has 3 aromatic rings. The molecule has 1 aromatic heterocycles. The topological polar surface area (TPSA) is 59.2 Å². The molecule has 0 saturated carbocycles. The van der Waals surface area contributed by atoms with Crippen molar-refractivity contribution < 1.29 is 14.3 Å². The van der Waals surface area contributed by atoms with Gasteiger partial charge in [0.15, 0.2) is 6.10 Å². The van der Waals surface area contributed by atoms with Gasteiger partial charge in [0.05, 0.1) is 5.92 Å². The first-order valence-corrected chi connectivity index (χ1v) is 8.47. The lowest BCUT2D eigenvalue weighted by Crippen LogP contribution is -2.27. The number of rotatable bonds is 6. The van der Waals surface area contributed by atoms with Crippen LogP contribution in [0.2, 0.25) is 0 Å². The van der Waals surface area contributed by atoms with E-state index in [0.717, 1.165) is 16.5 Å². The minimum Gasteiger partial charge on any atom is -0.454 e. The van der Waals surface area contributed by atoms with Crippen molar-refractivity contribution in [3.63, 3.8) is 0 Å². The number of ether oxygens (including phenoxy) is 1. The molecule has 0 aliphatic heterocycles. The Labute approximate surface area is 146 Å². The maximum absolute atomic E-state index is 12.7. The highest BCUT2D eigenvalue weighted by molar-refractivity contribution is 6.10. The summed E-state index contributed by atoms with van der Waals surface area (Å²) in [4.78, 5) is 28.3. The predicted molar refractivity (Wildman–Crippen MR) is 97.7 cm³/mol. The first-order chi connectivity index (χ1) is 12.1. The van der Waals surface area contributed by atoms with Gasteiger partial charge in [-0.3, -0.25) is 9.59 Å². The van der Waals surface area contributed by atoms with Crippen molar-refractivity contribution in [3.05, 3.63) is 71.9 Å². The predicted octanol–water partition coefficient (Wildman–Crippen LogP) is 4.48. The lowest BCUT2D eigenvalue weighted by atomic mass is 9.96. The number of H-pyrrole nitrogens is 1. The third-order valence-corrected chi connectivity index (χ3v) is 4.41. The monoisotopic (exact) mass is 335 g/mol. The van der Waals surface area contributed by atoms with Crippen molar-refractivity contribution in [1.82, 2.24) is 4.98 Å². The molecule has 0 aliphatic carbocycles. The van der Waals surface area contributed by atoms with Crippen molar-refractivity contribution in [1.29, 1.82) is 0 Å². The van der Waals surface area contributed by atoms with Gasteiger partial charge < -0.3 is 9.72 Å². The number of fused-ring (bicyclic) bond motifs is 1. The SMILES string of the molecule is CC[C@H](C(=O)O[C@@H](C)C(=O)c1c[nH]c2ccccc12)c1ccccc1. The zero-order valence-electron chi connectivity index (χ0n) is 14.4. The Balaban J connectivity index is 1.75. The van der Waals surface area contributed by atoms with Gasteiger partial charge in [0.1, 0.15) is 0 Å². The van der Waals surface area contributed by atoms with Gasteiger partial charge in [-0.2, -0.15) is 0 Å². The first-order valence-electron chi connectivity index (χ1n) is 8.47. The molecule has 1 heterocycles. The summed E-state index contributed by atoms with van der Waals surface area (Å²) in [5.74, 6) is -0.928. The fourth-order valence-corrected chi connectivity index (χ4v) is 3.03. The van der Waals surface area contributed by atoms with Crippen molar-refractivity contribution in [2.24, 2.45) is 0 Å². The van der Waals surface area contributed by atoms with E-state index in [-0.39, 0.29) is 17.7 Å². The lowest BCUT2D eigenvalue weighted by molar-refractivity contribution is -0.148. The fraction of sp³-hybridized carbons (Fsp3) is 0.238. The van der Waals surface area contributed by atoms with E-state index in [1.54, 1.807) is 13.1 Å². The van der Waals surface area contributed by atoms with Crippen LogP contribution in [0.1, 0.15) is 42.1 Å². The fourth-order valence-electron chi connectivity index (χ4n) is 3.03. The molecule has 25 heavy (non-hydrogen) atoms. The number of carbonyl (C=O) groups excluding carboxylic acids is 2. The summed E-state index contributed by atoms with van der Waals surface area (Å²) in [6.45, 7) is 3.56. The van der Waals surface area contributed by atoms with Gasteiger partial charge in [-0.05, 0) is 25.0 Å². The number of esters is 1. The molecule has 4 heteroatoms. The van der Waals surface area contributed by atoms with E-state index in [1.807, 2.05) is 61.5 Å². The summed E-state index contributed by atoms with van der Waals surface area (Å²) < 4.78 is 5.49. The summed E-state index contributed by atoms with van der Waals surface area (Å²) >= 11 is 0. The lowest BCUT2D eigenvalue weighted by Gasteiger charge is -2.18. The highest BCUT2D eigenvalue weighted by atomic mass is 16.5. The van der Waals surface area contributed by atoms with Gasteiger partial charge >= 0.3 is 5.97 Å². The van der Waals surface area contributed by atoms with Crippen molar-refractivity contribution in [2.75, 3.05) is 0 Å². The second-order valence-electron chi connectivity index (χ2n) is 6.06. The van der Waals surface area contributed by atoms with Crippen LogP contribution < -0.4 is 0 Å². The van der Waals surface area contributed by atoms with E-state index in [9.17, 15) is 9.59 Å². The molecule has 0 unspecified atom stereocenters. The quantitative estimate of drug-likeness (QED) is 0.534. The van der Waals surface area contributed by atoms with Crippen LogP contribution in [0.5, 0.6) is 0 Å². The largest absolute Gasteiger partial charge is 0.454 e. The summed E-state index contributed by atoms with van der Waals surface area (Å²) in [5.41, 5.74) is 2.34. The molecular formula is C21H21NO3. The van der Waals surface area contributed by atoms with Crippen LogP contribution in [0, 0.1) is 0 Å². The number of hydrogen-bond acceptors (Lipinski definition) is 3. The number of para-hydroxylation sites is 1. The molecule has 2 aromatic carbocycles. The van der Waals surface area contributed by atoms with Crippen LogP contribution in [0.15, 0.2) is 60.8 Å². The molecule has 0 bridgehead atoms. The normalized spacial score (nSPS) is 13.4. The number of benzene rings is 2. The molecule has 0 aliphatic rings. The molecule has 0 saturated heterocycles. The van der Waals surface area contributed by atoms with E-state index in [1.165, 1.54) is 0 Å². The smallest absolute Gasteiger partial charge is 0.314 e. The van der Waals surface area contributed by atoms with Gasteiger partial charge in [0.2, 0.25) is 5.78 Å². The van der Waals surface area contributed by atoms with E-state index in [0.29, 0.717) is 12.0 Å². The Bertz CT molecular complexity index is 882. The second kappa shape index (κ2) is 7.34. The molecule has 3 rings (SSSR count). The van der Waals surface area contributed by atoms with Gasteiger partial charge in [0.25, 0.3) is 0 Å². The Kier molecular flexibility index (Phi) is 4.98. The standard InChI is InChI=1S/C21H21NO3/c1-3-16(15-9-5-4-6-10-15)21(24)25-14(2)20(23)18-13-22-19-12-8-7-11-17(18)19/h4-14,16,22H,3H2,1-2H3/t14-,16-/m0/s1. The summed E-state index contributed by atoms with van der Waals surface area (Å²) in [5, 5.41) is 0.838. The van der Waals surface area contributed by atoms with Crippen LogP contribution in [-0.2, 0) is 9.53 Å². The van der Waals surface area contributed by atoms with Crippen LogP contribution in [0.25, 0.3) is 10.9 Å². The highest BCUT2D eigenvalue weighted by Gasteiger charge is 2.26. The highest BCUT2D eigenvalue weighted by Crippen LogP contribution is 2.23. The maximum atomic E-state index is 12.7. The minimum absolute atomic E-state index is 0.200. The molecule has 2 atom stereocenters. The van der Waals surface area contributed by atoms with E-state index < -0.39 is 6.10 Å². The number of carbonyl (C=O) groups is 2. The van der Waals surface area contributed by atoms with Gasteiger partial charge in [-0.25, -0.2) is 0 Å². The molecular weight excluding hydrogens is 314 g/mol. The summed E-state index contributed by atoms with van der Waals surface area (Å²) in [7, 11) is 0. The van der Waals surface area contributed by atoms with Crippen molar-refractivity contribution >= 4 is 22.7 Å². The van der Waals surface area contributed by atoms with Gasteiger partial charge in [-0.15, -0.1) is 0 Å². The molecule has 0 fully saturated rings. The van der Waals surface area contributed by atoms with Crippen molar-refractivity contribution in [2.45, 2.75) is 32.3 Å². The second-order valence-corrected chi connectivity index (χ2v) is 6.06. The molecule has 128 valence electrons. The molecule has 0 radical (unpaired) electrons. The first kappa shape index (κ1) is 17.0. The zero-order valence-corrected chi connectivity index (χ0v) is 14.4. The van der Waals surface area contributed by atoms with Crippen molar-refractivity contribution in [3.8, 4) is 0 Å². The number of aromatic nitrogens is 1. The molecule has 0 amide bonds. The summed E-state index contributed by atoms with van der Waals surface area (Å²) in [6, 6.07) is 17.1. The Morgan fingerprint density at radius 1 is 1.04 bits per heavy atom. The zero-order chi connectivity index (χ0) is 17.8. The van der Waals surface area contributed by atoms with Gasteiger partial charge in [0, 0.05) is 22.7 Å². The van der Waals surface area contributed by atoms with Crippen LogP contribution >= 0.6 is 0 Å². The van der Waals surface area contributed by atoms with Gasteiger partial charge in [-0.1, -0.05) is 55.5 Å². The Hall–Kier alpha value is -2.88. The average Bonchev–Trinajstić information content (AvgIpc) is 3.06. The number of nitrogens with one attached hydrogen (secondary N) is 1. The maximum Gasteiger partial charge on any atom is 0.314 e. The number of ketones is 1. The third kappa shape index (κ3) is 3.48. The summed E-state index contributed by atoms with van der Waals surface area (Å²) in [6.07, 6.45) is 1.47. The van der Waals surface area contributed by atoms with E-state index >= 15 is 0 Å². The molecule has 4 nitrogen and oxygen atoms in total. The van der Waals surface area contributed by atoms with Crippen LogP contribution in [0.3, 0.4) is 0 Å². The molecule has 0 spiro atoms. The minimum atomic E-state index is -0.829. The average molecular weight is 335 g/mol. The van der Waals surface area contributed by atoms with E-state index in [2.05, 4.69) is 4.98 Å². The number of hydrogen-bond donors (Lipinski definition) is 1. The van der Waals surface area contributed by atoms with Crippen LogP contribution in [-0.4, -0.2) is 22.8 Å². The van der Waals surface area contributed by atoms with Crippen LogP contribution in [0.4, 0.5) is 0 Å². The van der Waals surface area contributed by atoms with E-state index in [4.69, 9.17) is 4.74 Å². The third-order valence-electron chi connectivity index (χ3n) is 4.41. The Morgan fingerprint density at radius 3 is 2.44 bits per heavy atom. The number of Topliss-reactive ketones (excluding diaryl/α,β-unsaturated/α-hetero) is 1. The Morgan fingerprint density at radius 2 is 1.72 bits per heavy atom.